The normalized spacial score (nSPS) is 16.8. The molecule has 0 fully saturated rings. The Balaban J connectivity index is 1.70. The number of carboxylic acids is 1. The molecule has 14 heteroatoms. The summed E-state index contributed by atoms with van der Waals surface area (Å²) in [5.41, 5.74) is 2.23. The fourth-order valence-corrected chi connectivity index (χ4v) is 5.81. The first-order valence-corrected chi connectivity index (χ1v) is 15.8. The van der Waals surface area contributed by atoms with Gasteiger partial charge in [-0.05, 0) is 59.2 Å². The van der Waals surface area contributed by atoms with Crippen molar-refractivity contribution >= 4 is 5.97 Å². The highest BCUT2D eigenvalue weighted by molar-refractivity contribution is 5.87. The summed E-state index contributed by atoms with van der Waals surface area (Å²) in [5, 5.41) is 10.1. The maximum Gasteiger partial charge on any atom is 0.331 e. The van der Waals surface area contributed by atoms with Crippen LogP contribution in [0.1, 0.15) is 23.1 Å². The quantitative estimate of drug-likeness (QED) is 0.173. The van der Waals surface area contributed by atoms with E-state index in [4.69, 9.17) is 56.8 Å². The SMILES string of the molecule is COc1cc(CO[C@@H]2[C@H](OCc3cc(OC)c(OC)c(OC)c3)C=C(C(=O)O)C[C@H]2OCc2cc(OC)c(OC)c(OC)c2)cc(OC)c1OC. The van der Waals surface area contributed by atoms with Gasteiger partial charge in [-0.1, -0.05) is 0 Å². The van der Waals surface area contributed by atoms with Crippen molar-refractivity contribution in [3.8, 4) is 51.7 Å². The van der Waals surface area contributed by atoms with E-state index in [0.717, 1.165) is 0 Å². The van der Waals surface area contributed by atoms with Crippen LogP contribution in [0.5, 0.6) is 51.7 Å². The monoisotopic (exact) mass is 714 g/mol. The first-order chi connectivity index (χ1) is 24.7. The molecule has 0 aromatic heterocycles. The van der Waals surface area contributed by atoms with E-state index < -0.39 is 24.3 Å². The number of benzene rings is 3. The number of carbonyl (C=O) groups is 1. The summed E-state index contributed by atoms with van der Waals surface area (Å²) in [6.07, 6.45) is -0.775. The summed E-state index contributed by atoms with van der Waals surface area (Å²) in [6, 6.07) is 10.6. The summed E-state index contributed by atoms with van der Waals surface area (Å²) in [6.45, 7) is 0.193. The topological polar surface area (TPSA) is 148 Å². The molecule has 0 bridgehead atoms. The summed E-state index contributed by atoms with van der Waals surface area (Å²) in [5.74, 6) is 2.92. The summed E-state index contributed by atoms with van der Waals surface area (Å²) >= 11 is 0. The Kier molecular flexibility index (Phi) is 13.9. The van der Waals surface area contributed by atoms with E-state index >= 15 is 0 Å². The molecule has 3 aromatic carbocycles. The number of ether oxygens (including phenoxy) is 12. The van der Waals surface area contributed by atoms with Gasteiger partial charge in [-0.2, -0.15) is 0 Å². The molecule has 0 radical (unpaired) electrons. The minimum absolute atomic E-state index is 0.0454. The molecule has 1 aliphatic rings. The second-order valence-corrected chi connectivity index (χ2v) is 11.2. The van der Waals surface area contributed by atoms with Gasteiger partial charge in [0, 0.05) is 12.0 Å². The zero-order valence-corrected chi connectivity index (χ0v) is 30.4. The predicted molar refractivity (Wildman–Crippen MR) is 184 cm³/mol. The third kappa shape index (κ3) is 9.01. The standard InChI is InChI=1S/C37H46O14/c1-40-25-10-21(11-26(41-2)33(25)46-7)18-49-31-16-24(37(38)39)17-32(50-19-22-12-27(42-3)34(47-8)28(13-22)43-4)36(31)51-20-23-14-29(44-5)35(48-9)30(15-23)45-6/h10-16,31-32,36H,17-20H2,1-9H3,(H,38,39)/t31-,32-,36-/m1/s1. The zero-order chi connectivity index (χ0) is 37.1. The Bertz CT molecular complexity index is 1590. The van der Waals surface area contributed by atoms with E-state index in [1.165, 1.54) is 64.0 Å². The molecule has 0 unspecified atom stereocenters. The number of hydrogen-bond acceptors (Lipinski definition) is 13. The van der Waals surface area contributed by atoms with Crippen LogP contribution in [-0.4, -0.2) is 93.4 Å². The molecule has 14 nitrogen and oxygen atoms in total. The Morgan fingerprint density at radius 1 is 0.529 bits per heavy atom. The zero-order valence-electron chi connectivity index (χ0n) is 30.4. The van der Waals surface area contributed by atoms with Crippen molar-refractivity contribution in [2.24, 2.45) is 0 Å². The van der Waals surface area contributed by atoms with E-state index in [0.29, 0.717) is 68.4 Å². The first kappa shape index (κ1) is 38.7. The van der Waals surface area contributed by atoms with Crippen molar-refractivity contribution in [3.05, 3.63) is 64.7 Å². The van der Waals surface area contributed by atoms with Gasteiger partial charge in [0.25, 0.3) is 0 Å². The third-order valence-electron chi connectivity index (χ3n) is 8.27. The van der Waals surface area contributed by atoms with Gasteiger partial charge in [-0.15, -0.1) is 0 Å². The van der Waals surface area contributed by atoms with Crippen molar-refractivity contribution in [2.75, 3.05) is 64.0 Å². The molecule has 3 atom stereocenters. The van der Waals surface area contributed by atoms with Crippen LogP contribution in [0.4, 0.5) is 0 Å². The molecule has 0 spiro atoms. The summed E-state index contributed by atoms with van der Waals surface area (Å²) in [4.78, 5) is 12.4. The number of methoxy groups -OCH3 is 9. The molecule has 3 aromatic rings. The van der Waals surface area contributed by atoms with Gasteiger partial charge in [0.05, 0.1) is 89.9 Å². The number of aliphatic carboxylic acids is 1. The largest absolute Gasteiger partial charge is 0.493 e. The van der Waals surface area contributed by atoms with Crippen molar-refractivity contribution in [3.63, 3.8) is 0 Å². The van der Waals surface area contributed by atoms with Gasteiger partial charge in [0.1, 0.15) is 12.2 Å². The lowest BCUT2D eigenvalue weighted by atomic mass is 9.91. The summed E-state index contributed by atoms with van der Waals surface area (Å²) < 4.78 is 68.9. The molecule has 1 aliphatic carbocycles. The lowest BCUT2D eigenvalue weighted by Gasteiger charge is -2.36. The maximum absolute atomic E-state index is 12.4. The maximum atomic E-state index is 12.4. The van der Waals surface area contributed by atoms with Crippen molar-refractivity contribution in [1.82, 2.24) is 0 Å². The molecule has 0 saturated carbocycles. The highest BCUT2D eigenvalue weighted by Gasteiger charge is 2.38. The Hall–Kier alpha value is -5.05. The minimum Gasteiger partial charge on any atom is -0.493 e. The fourth-order valence-electron chi connectivity index (χ4n) is 5.81. The van der Waals surface area contributed by atoms with Crippen molar-refractivity contribution in [2.45, 2.75) is 44.6 Å². The number of carboxylic acid groups (broad SMARTS) is 1. The third-order valence-corrected chi connectivity index (χ3v) is 8.27. The second-order valence-electron chi connectivity index (χ2n) is 11.2. The van der Waals surface area contributed by atoms with Crippen LogP contribution in [0.2, 0.25) is 0 Å². The van der Waals surface area contributed by atoms with Crippen molar-refractivity contribution in [1.29, 1.82) is 0 Å². The summed E-state index contributed by atoms with van der Waals surface area (Å²) in [7, 11) is 13.7. The van der Waals surface area contributed by atoms with Gasteiger partial charge in [0.15, 0.2) is 34.5 Å². The Morgan fingerprint density at radius 2 is 0.863 bits per heavy atom. The van der Waals surface area contributed by atoms with E-state index in [1.807, 2.05) is 0 Å². The van der Waals surface area contributed by atoms with E-state index in [9.17, 15) is 9.90 Å². The van der Waals surface area contributed by atoms with E-state index in [2.05, 4.69) is 0 Å². The Morgan fingerprint density at radius 3 is 1.18 bits per heavy atom. The number of hydrogen-bond donors (Lipinski definition) is 1. The highest BCUT2D eigenvalue weighted by atomic mass is 16.6. The Labute approximate surface area is 297 Å². The van der Waals surface area contributed by atoms with Crippen LogP contribution >= 0.6 is 0 Å². The van der Waals surface area contributed by atoms with Crippen LogP contribution in [-0.2, 0) is 38.8 Å². The van der Waals surface area contributed by atoms with Gasteiger partial charge >= 0.3 is 5.97 Å². The molecule has 4 rings (SSSR count). The number of rotatable bonds is 19. The lowest BCUT2D eigenvalue weighted by Crippen LogP contribution is -2.45. The van der Waals surface area contributed by atoms with Gasteiger partial charge in [0.2, 0.25) is 17.2 Å². The molecular formula is C37H46O14. The predicted octanol–water partition coefficient (Wildman–Crippen LogP) is 5.23. The van der Waals surface area contributed by atoms with Crippen molar-refractivity contribution < 1.29 is 66.7 Å². The average Bonchev–Trinajstić information content (AvgIpc) is 3.16. The smallest absolute Gasteiger partial charge is 0.331 e. The van der Waals surface area contributed by atoms with Gasteiger partial charge in [-0.25, -0.2) is 4.79 Å². The highest BCUT2D eigenvalue weighted by Crippen LogP contribution is 2.41. The molecule has 0 heterocycles. The molecule has 278 valence electrons. The van der Waals surface area contributed by atoms with Crippen LogP contribution in [0.3, 0.4) is 0 Å². The van der Waals surface area contributed by atoms with Crippen LogP contribution in [0.25, 0.3) is 0 Å². The molecule has 51 heavy (non-hydrogen) atoms. The molecule has 0 saturated heterocycles. The average molecular weight is 715 g/mol. The van der Waals surface area contributed by atoms with E-state index in [-0.39, 0.29) is 31.8 Å². The fraction of sp³-hybridized carbons (Fsp3) is 0.432. The van der Waals surface area contributed by atoms with Crippen LogP contribution < -0.4 is 42.6 Å². The second kappa shape index (κ2) is 18.3. The van der Waals surface area contributed by atoms with Crippen LogP contribution in [0, 0.1) is 0 Å². The lowest BCUT2D eigenvalue weighted by molar-refractivity contribution is -0.149. The van der Waals surface area contributed by atoms with E-state index in [1.54, 1.807) is 42.5 Å². The molecule has 0 amide bonds. The molecular weight excluding hydrogens is 668 g/mol. The molecule has 1 N–H and O–H groups in total. The van der Waals surface area contributed by atoms with Crippen LogP contribution in [0.15, 0.2) is 48.0 Å². The van der Waals surface area contributed by atoms with Gasteiger partial charge < -0.3 is 61.9 Å². The molecule has 0 aliphatic heterocycles. The van der Waals surface area contributed by atoms with Gasteiger partial charge in [-0.3, -0.25) is 0 Å². The minimum atomic E-state index is -1.10. The first-order valence-electron chi connectivity index (χ1n) is 15.8.